The Morgan fingerprint density at radius 2 is 1.00 bits per heavy atom. The van der Waals surface area contributed by atoms with Gasteiger partial charge in [0.2, 0.25) is 0 Å². The molecule has 0 fully saturated rings. The molecule has 0 aliphatic rings. The monoisotopic (exact) mass is 429 g/mol. The Labute approximate surface area is 185 Å². The Balaban J connectivity index is 3.85. The predicted molar refractivity (Wildman–Crippen MR) is 125 cm³/mol. The minimum Gasteiger partial charge on any atom is -0.392 e. The lowest BCUT2D eigenvalue weighted by atomic mass is 9.87. The van der Waals surface area contributed by atoms with E-state index in [9.17, 15) is 20.1 Å². The fourth-order valence-electron chi connectivity index (χ4n) is 4.09. The summed E-state index contributed by atoms with van der Waals surface area (Å²) in [7, 11) is 0. The smallest absolute Gasteiger partial charge is 0.170 e. The number of Topliss-reactive ketones (excluding diaryl/α,β-unsaturated/α-hetero) is 1. The highest BCUT2D eigenvalue weighted by molar-refractivity contribution is 5.86. The third kappa shape index (κ3) is 15.3. The quantitative estimate of drug-likeness (QED) is 0.139. The van der Waals surface area contributed by atoms with Crippen LogP contribution in [0.15, 0.2) is 0 Å². The van der Waals surface area contributed by atoms with Gasteiger partial charge in [0.15, 0.2) is 5.78 Å². The molecule has 0 aromatic heterocycles. The highest BCUT2D eigenvalue weighted by Gasteiger charge is 2.34. The number of rotatable bonds is 22. The van der Waals surface area contributed by atoms with Gasteiger partial charge in [-0.15, -0.1) is 0 Å². The third-order valence-electron chi connectivity index (χ3n) is 6.12. The maximum atomic E-state index is 12.4. The fraction of sp³-hybridized carbons (Fsp3) is 0.960. The minimum absolute atomic E-state index is 0.362. The number of aliphatic hydroxyl groups excluding tert-OH is 3. The molecule has 0 rings (SSSR count). The second-order valence-corrected chi connectivity index (χ2v) is 9.03. The topological polar surface area (TPSA) is 104 Å². The summed E-state index contributed by atoms with van der Waals surface area (Å²) < 4.78 is 0. The molecule has 0 saturated heterocycles. The van der Waals surface area contributed by atoms with E-state index in [1.165, 1.54) is 64.2 Å². The highest BCUT2D eigenvalue weighted by atomic mass is 16.3. The van der Waals surface area contributed by atoms with Crippen LogP contribution in [-0.4, -0.2) is 39.5 Å². The summed E-state index contributed by atoms with van der Waals surface area (Å²) in [6.07, 6.45) is 16.2. The van der Waals surface area contributed by atoms with Gasteiger partial charge in [-0.3, -0.25) is 4.79 Å². The molecule has 0 saturated carbocycles. The molecule has 180 valence electrons. The van der Waals surface area contributed by atoms with Gasteiger partial charge in [-0.25, -0.2) is 0 Å². The first kappa shape index (κ1) is 29.5. The van der Waals surface area contributed by atoms with Crippen LogP contribution in [0, 0.1) is 5.92 Å². The molecule has 0 radical (unpaired) electrons. The number of aliphatic hydroxyl groups is 3. The van der Waals surface area contributed by atoms with Crippen LogP contribution in [0.1, 0.15) is 129 Å². The number of carbonyl (C=O) groups excluding carboxylic acids is 1. The van der Waals surface area contributed by atoms with Gasteiger partial charge in [0.1, 0.15) is 12.3 Å². The van der Waals surface area contributed by atoms with E-state index in [0.29, 0.717) is 12.8 Å². The lowest BCUT2D eigenvalue weighted by Crippen LogP contribution is -2.47. The van der Waals surface area contributed by atoms with E-state index in [2.05, 4.69) is 13.8 Å². The van der Waals surface area contributed by atoms with E-state index < -0.39 is 30.1 Å². The zero-order valence-corrected chi connectivity index (χ0v) is 19.9. The van der Waals surface area contributed by atoms with Gasteiger partial charge in [-0.2, -0.15) is 0 Å². The zero-order chi connectivity index (χ0) is 22.6. The number of hydrogen-bond acceptors (Lipinski definition) is 5. The first-order valence-electron chi connectivity index (χ1n) is 12.8. The SMILES string of the molecule is CCCCCCCCCCCCCCC[C@@H](O)[C@H](C(=O)C(O)CCCCC)C(N)O. The van der Waals surface area contributed by atoms with Crippen molar-refractivity contribution in [3.05, 3.63) is 0 Å². The van der Waals surface area contributed by atoms with Gasteiger partial charge < -0.3 is 21.1 Å². The van der Waals surface area contributed by atoms with Crippen molar-refractivity contribution in [1.29, 1.82) is 0 Å². The normalized spacial score (nSPS) is 15.7. The summed E-state index contributed by atoms with van der Waals surface area (Å²) in [6.45, 7) is 4.31. The number of hydrogen-bond donors (Lipinski definition) is 4. The van der Waals surface area contributed by atoms with Crippen LogP contribution in [-0.2, 0) is 4.79 Å². The fourth-order valence-corrected chi connectivity index (χ4v) is 4.09. The van der Waals surface area contributed by atoms with Crippen LogP contribution in [0.2, 0.25) is 0 Å². The van der Waals surface area contributed by atoms with Crippen molar-refractivity contribution in [2.75, 3.05) is 0 Å². The van der Waals surface area contributed by atoms with Crippen LogP contribution >= 0.6 is 0 Å². The summed E-state index contributed by atoms with van der Waals surface area (Å²) in [6, 6.07) is 0. The van der Waals surface area contributed by atoms with Crippen molar-refractivity contribution in [1.82, 2.24) is 0 Å². The minimum atomic E-state index is -1.43. The van der Waals surface area contributed by atoms with Crippen LogP contribution in [0.4, 0.5) is 0 Å². The molecule has 0 spiro atoms. The molecule has 0 bridgehead atoms. The molecule has 5 heteroatoms. The second kappa shape index (κ2) is 20.4. The average molecular weight is 430 g/mol. The Kier molecular flexibility index (Phi) is 20.1. The van der Waals surface area contributed by atoms with E-state index in [1.54, 1.807) is 0 Å². The highest BCUT2D eigenvalue weighted by Crippen LogP contribution is 2.20. The maximum Gasteiger partial charge on any atom is 0.170 e. The standard InChI is InChI=1S/C25H51NO4/c1-3-5-7-8-9-10-11-12-13-14-15-16-18-19-21(27)23(25(26)30)24(29)22(28)20-17-6-4-2/h21-23,25,27-28,30H,3-20,26H2,1-2H3/t21-,22?,23-,25?/m1/s1. The van der Waals surface area contributed by atoms with Gasteiger partial charge in [-0.1, -0.05) is 117 Å². The summed E-state index contributed by atoms with van der Waals surface area (Å²) in [4.78, 5) is 12.4. The summed E-state index contributed by atoms with van der Waals surface area (Å²) in [5, 5.41) is 30.2. The molecule has 2 unspecified atom stereocenters. The van der Waals surface area contributed by atoms with Gasteiger partial charge in [0, 0.05) is 0 Å². The number of nitrogens with two attached hydrogens (primary N) is 1. The Hall–Kier alpha value is -0.490. The molecule has 0 aromatic rings. The predicted octanol–water partition coefficient (Wildman–Crippen LogP) is 5.23. The Morgan fingerprint density at radius 3 is 1.43 bits per heavy atom. The van der Waals surface area contributed by atoms with Crippen LogP contribution in [0.3, 0.4) is 0 Å². The van der Waals surface area contributed by atoms with Crippen LogP contribution in [0.5, 0.6) is 0 Å². The van der Waals surface area contributed by atoms with Gasteiger partial charge in [0.05, 0.1) is 12.0 Å². The molecule has 0 aliphatic carbocycles. The van der Waals surface area contributed by atoms with Crippen molar-refractivity contribution in [3.63, 3.8) is 0 Å². The molecule has 0 aliphatic heterocycles. The van der Waals surface area contributed by atoms with E-state index in [4.69, 9.17) is 5.73 Å². The second-order valence-electron chi connectivity index (χ2n) is 9.03. The lowest BCUT2D eigenvalue weighted by molar-refractivity contribution is -0.140. The number of carbonyl (C=O) groups is 1. The lowest BCUT2D eigenvalue weighted by Gasteiger charge is -2.26. The molecule has 5 N–H and O–H groups in total. The molecular formula is C25H51NO4. The molecular weight excluding hydrogens is 378 g/mol. The average Bonchev–Trinajstić information content (AvgIpc) is 2.71. The molecule has 0 aromatic carbocycles. The molecule has 30 heavy (non-hydrogen) atoms. The summed E-state index contributed by atoms with van der Waals surface area (Å²) >= 11 is 0. The number of unbranched alkanes of at least 4 members (excludes halogenated alkanes) is 14. The van der Waals surface area contributed by atoms with Crippen LogP contribution in [0.25, 0.3) is 0 Å². The van der Waals surface area contributed by atoms with Crippen LogP contribution < -0.4 is 5.73 Å². The van der Waals surface area contributed by atoms with Crippen molar-refractivity contribution in [2.45, 2.75) is 148 Å². The Morgan fingerprint density at radius 1 is 0.633 bits per heavy atom. The van der Waals surface area contributed by atoms with Gasteiger partial charge in [-0.05, 0) is 12.8 Å². The molecule has 0 amide bonds. The van der Waals surface area contributed by atoms with E-state index >= 15 is 0 Å². The van der Waals surface area contributed by atoms with Crippen molar-refractivity contribution in [2.24, 2.45) is 11.7 Å². The first-order chi connectivity index (χ1) is 14.5. The van der Waals surface area contributed by atoms with E-state index in [1.807, 2.05) is 0 Å². The van der Waals surface area contributed by atoms with Gasteiger partial charge >= 0.3 is 0 Å². The van der Waals surface area contributed by atoms with Crippen molar-refractivity contribution in [3.8, 4) is 0 Å². The van der Waals surface area contributed by atoms with Crippen molar-refractivity contribution >= 4 is 5.78 Å². The van der Waals surface area contributed by atoms with Crippen molar-refractivity contribution < 1.29 is 20.1 Å². The third-order valence-corrected chi connectivity index (χ3v) is 6.12. The largest absolute Gasteiger partial charge is 0.392 e. The maximum absolute atomic E-state index is 12.4. The van der Waals surface area contributed by atoms with E-state index in [-0.39, 0.29) is 0 Å². The first-order valence-corrected chi connectivity index (χ1v) is 12.8. The van der Waals surface area contributed by atoms with E-state index in [0.717, 1.165) is 38.5 Å². The zero-order valence-electron chi connectivity index (χ0n) is 19.9. The summed E-state index contributed by atoms with van der Waals surface area (Å²) in [5.41, 5.74) is 5.54. The molecule has 4 atom stereocenters. The summed E-state index contributed by atoms with van der Waals surface area (Å²) in [5.74, 6) is -1.62. The number of ketones is 1. The molecule has 5 nitrogen and oxygen atoms in total. The van der Waals surface area contributed by atoms with Gasteiger partial charge in [0.25, 0.3) is 0 Å². The Bertz CT molecular complexity index is 389. The molecule has 0 heterocycles.